The van der Waals surface area contributed by atoms with E-state index in [0.717, 1.165) is 7.05 Å². The van der Waals surface area contributed by atoms with E-state index in [0.29, 0.717) is 4.90 Å². The second-order valence-corrected chi connectivity index (χ2v) is 3.62. The molecule has 0 aromatic carbocycles. The van der Waals surface area contributed by atoms with E-state index in [-0.39, 0.29) is 39.6 Å². The van der Waals surface area contributed by atoms with Crippen LogP contribution in [0.15, 0.2) is 0 Å². The third-order valence-corrected chi connectivity index (χ3v) is 2.00. The van der Waals surface area contributed by atoms with Gasteiger partial charge in [0.05, 0.1) is 26.4 Å². The van der Waals surface area contributed by atoms with Gasteiger partial charge in [-0.2, -0.15) is 13.2 Å². The number of primary amides is 1. The SMILES string of the molecule is CN(CCOCCOCCOC(N)=O)C(=O)C(F)(F)F. The lowest BCUT2D eigenvalue weighted by Gasteiger charge is -2.18. The highest BCUT2D eigenvalue weighted by molar-refractivity contribution is 5.81. The molecule has 0 aromatic rings. The minimum absolute atomic E-state index is 0.0121. The van der Waals surface area contributed by atoms with Crippen LogP contribution in [0.5, 0.6) is 0 Å². The van der Waals surface area contributed by atoms with E-state index in [1.165, 1.54) is 0 Å². The van der Waals surface area contributed by atoms with Crippen molar-refractivity contribution in [1.29, 1.82) is 0 Å². The number of nitrogens with zero attached hydrogens (tertiary/aromatic N) is 1. The Hall–Kier alpha value is -1.55. The van der Waals surface area contributed by atoms with Crippen molar-refractivity contribution in [3.8, 4) is 0 Å². The summed E-state index contributed by atoms with van der Waals surface area (Å²) in [5, 5.41) is 0. The molecule has 0 saturated carbocycles. The predicted molar refractivity (Wildman–Crippen MR) is 60.9 cm³/mol. The first kappa shape index (κ1) is 18.4. The van der Waals surface area contributed by atoms with E-state index in [1.807, 2.05) is 0 Å². The Kier molecular flexibility index (Phi) is 8.64. The van der Waals surface area contributed by atoms with Crippen LogP contribution in [0.25, 0.3) is 0 Å². The van der Waals surface area contributed by atoms with E-state index < -0.39 is 18.2 Å². The molecule has 0 aliphatic carbocycles. The van der Waals surface area contributed by atoms with Gasteiger partial charge in [-0.1, -0.05) is 0 Å². The fourth-order valence-corrected chi connectivity index (χ4v) is 1.04. The zero-order chi connectivity index (χ0) is 15.6. The third-order valence-electron chi connectivity index (χ3n) is 2.00. The van der Waals surface area contributed by atoms with Crippen LogP contribution in [0.2, 0.25) is 0 Å². The molecule has 0 bridgehead atoms. The summed E-state index contributed by atoms with van der Waals surface area (Å²) < 4.78 is 50.4. The van der Waals surface area contributed by atoms with Crippen molar-refractivity contribution in [2.75, 3.05) is 46.6 Å². The lowest BCUT2D eigenvalue weighted by atomic mass is 10.5. The van der Waals surface area contributed by atoms with Gasteiger partial charge in [0.2, 0.25) is 0 Å². The molecular formula is C10H17F3N2O5. The number of carbonyl (C=O) groups excluding carboxylic acids is 2. The second kappa shape index (κ2) is 9.37. The molecule has 0 atom stereocenters. The third kappa shape index (κ3) is 9.39. The van der Waals surface area contributed by atoms with Gasteiger partial charge in [-0.25, -0.2) is 4.79 Å². The normalized spacial score (nSPS) is 11.2. The Morgan fingerprint density at radius 1 is 1.05 bits per heavy atom. The number of alkyl halides is 3. The lowest BCUT2D eigenvalue weighted by molar-refractivity contribution is -0.184. The molecule has 118 valence electrons. The molecule has 0 fully saturated rings. The molecule has 0 heterocycles. The molecule has 7 nitrogen and oxygen atoms in total. The molecule has 0 aromatic heterocycles. The number of hydrogen-bond donors (Lipinski definition) is 1. The van der Waals surface area contributed by atoms with Crippen LogP contribution in [-0.4, -0.2) is 69.7 Å². The largest absolute Gasteiger partial charge is 0.471 e. The highest BCUT2D eigenvalue weighted by Gasteiger charge is 2.40. The quantitative estimate of drug-likeness (QED) is 0.612. The number of amides is 2. The van der Waals surface area contributed by atoms with Gasteiger partial charge in [-0.05, 0) is 0 Å². The Morgan fingerprint density at radius 3 is 2.05 bits per heavy atom. The molecule has 10 heteroatoms. The Labute approximate surface area is 113 Å². The molecule has 2 amide bonds. The summed E-state index contributed by atoms with van der Waals surface area (Å²) >= 11 is 0. The summed E-state index contributed by atoms with van der Waals surface area (Å²) in [6, 6.07) is 0. The minimum atomic E-state index is -4.88. The van der Waals surface area contributed by atoms with Gasteiger partial charge in [0.25, 0.3) is 0 Å². The smallest absolute Gasteiger partial charge is 0.447 e. The van der Waals surface area contributed by atoms with E-state index in [2.05, 4.69) is 4.74 Å². The molecule has 0 rings (SSSR count). The zero-order valence-electron chi connectivity index (χ0n) is 10.9. The van der Waals surface area contributed by atoms with Crippen molar-refractivity contribution in [3.63, 3.8) is 0 Å². The maximum atomic E-state index is 12.0. The maximum absolute atomic E-state index is 12.0. The lowest BCUT2D eigenvalue weighted by Crippen LogP contribution is -2.40. The van der Waals surface area contributed by atoms with Crippen LogP contribution in [0.4, 0.5) is 18.0 Å². The summed E-state index contributed by atoms with van der Waals surface area (Å²) in [7, 11) is 1.04. The molecule has 2 N–H and O–H groups in total. The van der Waals surface area contributed by atoms with Gasteiger partial charge < -0.3 is 24.8 Å². The number of ether oxygens (including phenoxy) is 3. The van der Waals surface area contributed by atoms with Crippen molar-refractivity contribution in [2.24, 2.45) is 5.73 Å². The van der Waals surface area contributed by atoms with Crippen molar-refractivity contribution in [1.82, 2.24) is 4.90 Å². The Morgan fingerprint density at radius 2 is 1.55 bits per heavy atom. The highest BCUT2D eigenvalue weighted by atomic mass is 19.4. The van der Waals surface area contributed by atoms with Gasteiger partial charge in [0, 0.05) is 13.6 Å². The van der Waals surface area contributed by atoms with Gasteiger partial charge in [0.1, 0.15) is 6.61 Å². The first-order chi connectivity index (χ1) is 9.25. The monoisotopic (exact) mass is 302 g/mol. The summed E-state index contributed by atoms with van der Waals surface area (Å²) in [5.74, 6) is -1.92. The topological polar surface area (TPSA) is 91.1 Å². The van der Waals surface area contributed by atoms with Crippen LogP contribution in [-0.2, 0) is 19.0 Å². The van der Waals surface area contributed by atoms with Crippen LogP contribution in [0.1, 0.15) is 0 Å². The zero-order valence-corrected chi connectivity index (χ0v) is 10.9. The summed E-state index contributed by atoms with van der Waals surface area (Å²) in [6.07, 6.45) is -5.78. The highest BCUT2D eigenvalue weighted by Crippen LogP contribution is 2.17. The summed E-state index contributed by atoms with van der Waals surface area (Å²) in [6.45, 7) is 0.253. The van der Waals surface area contributed by atoms with Crippen molar-refractivity contribution in [2.45, 2.75) is 6.18 Å². The first-order valence-corrected chi connectivity index (χ1v) is 5.65. The van der Waals surface area contributed by atoms with Crippen LogP contribution < -0.4 is 5.73 Å². The molecule has 0 unspecified atom stereocenters. The molecule has 0 saturated heterocycles. The average molecular weight is 302 g/mol. The molecule has 0 aliphatic rings. The molecular weight excluding hydrogens is 285 g/mol. The van der Waals surface area contributed by atoms with E-state index >= 15 is 0 Å². The van der Waals surface area contributed by atoms with Gasteiger partial charge in [-0.3, -0.25) is 4.79 Å². The van der Waals surface area contributed by atoms with Crippen LogP contribution >= 0.6 is 0 Å². The molecule has 0 spiro atoms. The van der Waals surface area contributed by atoms with Crippen LogP contribution in [0, 0.1) is 0 Å². The van der Waals surface area contributed by atoms with Crippen molar-refractivity contribution < 1.29 is 37.0 Å². The molecule has 0 aliphatic heterocycles. The van der Waals surface area contributed by atoms with E-state index in [9.17, 15) is 22.8 Å². The number of nitrogens with two attached hydrogens (primary N) is 1. The van der Waals surface area contributed by atoms with Gasteiger partial charge >= 0.3 is 18.2 Å². The standard InChI is InChI=1S/C10H17F3N2O5/c1-15(8(16)10(11,12)13)2-3-18-4-5-19-6-7-20-9(14)17/h2-7H2,1H3,(H2,14,17). The van der Waals surface area contributed by atoms with Gasteiger partial charge in [-0.15, -0.1) is 0 Å². The van der Waals surface area contributed by atoms with E-state index in [1.54, 1.807) is 0 Å². The summed E-state index contributed by atoms with van der Waals surface area (Å²) in [4.78, 5) is 21.4. The Bertz CT molecular complexity index is 312. The number of likely N-dealkylation sites (N-methyl/N-ethyl adjacent to an activating group) is 1. The van der Waals surface area contributed by atoms with Crippen molar-refractivity contribution >= 4 is 12.0 Å². The molecule has 0 radical (unpaired) electrons. The number of carbonyl (C=O) groups is 2. The van der Waals surface area contributed by atoms with Gasteiger partial charge in [0.15, 0.2) is 0 Å². The maximum Gasteiger partial charge on any atom is 0.471 e. The predicted octanol–water partition coefficient (Wildman–Crippen LogP) is 0.136. The number of hydrogen-bond acceptors (Lipinski definition) is 5. The Balaban J connectivity index is 3.44. The van der Waals surface area contributed by atoms with Crippen molar-refractivity contribution in [3.05, 3.63) is 0 Å². The fourth-order valence-electron chi connectivity index (χ4n) is 1.04. The summed E-state index contributed by atoms with van der Waals surface area (Å²) in [5.41, 5.74) is 4.70. The first-order valence-electron chi connectivity index (χ1n) is 5.65. The molecule has 20 heavy (non-hydrogen) atoms. The van der Waals surface area contributed by atoms with E-state index in [4.69, 9.17) is 15.2 Å². The number of halogens is 3. The number of rotatable bonds is 9. The van der Waals surface area contributed by atoms with Crippen LogP contribution in [0.3, 0.4) is 0 Å². The average Bonchev–Trinajstić information content (AvgIpc) is 2.34. The second-order valence-electron chi connectivity index (χ2n) is 3.62. The fraction of sp³-hybridized carbons (Fsp3) is 0.800. The minimum Gasteiger partial charge on any atom is -0.447 e.